The summed E-state index contributed by atoms with van der Waals surface area (Å²) in [6.45, 7) is 1.94. The standard InChI is InChI=1S/C18H17Cl2N3O2/c1-12-3-2-4-15(9-12)22-17(24)7-8-18(25)23-21-11-13-5-6-14(19)10-16(13)20/h2-6,9-11H,7-8H2,1H3,(H,22,24)(H,23,25)/b21-11-. The number of nitrogens with one attached hydrogen (secondary N) is 2. The van der Waals surface area contributed by atoms with E-state index in [1.165, 1.54) is 6.21 Å². The Hall–Kier alpha value is -2.37. The molecule has 0 radical (unpaired) electrons. The first-order chi connectivity index (χ1) is 11.9. The van der Waals surface area contributed by atoms with Gasteiger partial charge < -0.3 is 5.32 Å². The van der Waals surface area contributed by atoms with Gasteiger partial charge in [-0.2, -0.15) is 5.10 Å². The largest absolute Gasteiger partial charge is 0.326 e. The molecular weight excluding hydrogens is 361 g/mol. The average molecular weight is 378 g/mol. The summed E-state index contributed by atoms with van der Waals surface area (Å²) in [4.78, 5) is 23.6. The molecule has 7 heteroatoms. The molecule has 0 saturated carbocycles. The maximum Gasteiger partial charge on any atom is 0.240 e. The van der Waals surface area contributed by atoms with Crippen LogP contribution in [0.25, 0.3) is 0 Å². The molecule has 0 aliphatic rings. The molecule has 2 amide bonds. The number of carbonyl (C=O) groups excluding carboxylic acids is 2. The molecule has 5 nitrogen and oxygen atoms in total. The van der Waals surface area contributed by atoms with E-state index in [1.807, 2.05) is 25.1 Å². The average Bonchev–Trinajstić information content (AvgIpc) is 2.55. The number of aryl methyl sites for hydroxylation is 1. The second-order valence-electron chi connectivity index (χ2n) is 5.38. The van der Waals surface area contributed by atoms with Gasteiger partial charge in [0.2, 0.25) is 11.8 Å². The fourth-order valence-electron chi connectivity index (χ4n) is 2.01. The Kier molecular flexibility index (Phi) is 6.98. The van der Waals surface area contributed by atoms with Crippen LogP contribution in [0.1, 0.15) is 24.0 Å². The van der Waals surface area contributed by atoms with E-state index in [2.05, 4.69) is 15.8 Å². The van der Waals surface area contributed by atoms with Crippen molar-refractivity contribution in [3.63, 3.8) is 0 Å². The van der Waals surface area contributed by atoms with Gasteiger partial charge in [-0.1, -0.05) is 41.4 Å². The third kappa shape index (κ3) is 6.57. The van der Waals surface area contributed by atoms with Gasteiger partial charge in [0.15, 0.2) is 0 Å². The number of hydrogen-bond acceptors (Lipinski definition) is 3. The van der Waals surface area contributed by atoms with E-state index in [0.717, 1.165) is 5.56 Å². The van der Waals surface area contributed by atoms with Crippen molar-refractivity contribution in [2.45, 2.75) is 19.8 Å². The highest BCUT2D eigenvalue weighted by molar-refractivity contribution is 6.36. The lowest BCUT2D eigenvalue weighted by Crippen LogP contribution is -2.20. The molecule has 0 aliphatic carbocycles. The highest BCUT2D eigenvalue weighted by Crippen LogP contribution is 2.19. The van der Waals surface area contributed by atoms with Crippen molar-refractivity contribution in [3.8, 4) is 0 Å². The van der Waals surface area contributed by atoms with Crippen LogP contribution in [0, 0.1) is 6.92 Å². The van der Waals surface area contributed by atoms with Crippen molar-refractivity contribution >= 4 is 46.9 Å². The molecule has 0 aromatic heterocycles. The zero-order valence-corrected chi connectivity index (χ0v) is 15.1. The van der Waals surface area contributed by atoms with Crippen LogP contribution in [0.2, 0.25) is 10.0 Å². The Morgan fingerprint density at radius 3 is 2.56 bits per heavy atom. The summed E-state index contributed by atoms with van der Waals surface area (Å²) < 4.78 is 0. The van der Waals surface area contributed by atoms with Gasteiger partial charge in [0.1, 0.15) is 0 Å². The third-order valence-corrected chi connectivity index (χ3v) is 3.80. The summed E-state index contributed by atoms with van der Waals surface area (Å²) in [5.74, 6) is -0.591. The second-order valence-corrected chi connectivity index (χ2v) is 6.22. The van der Waals surface area contributed by atoms with E-state index >= 15 is 0 Å². The molecule has 2 aromatic carbocycles. The lowest BCUT2D eigenvalue weighted by Gasteiger charge is -2.05. The Morgan fingerprint density at radius 2 is 1.84 bits per heavy atom. The van der Waals surface area contributed by atoms with Gasteiger partial charge in [0, 0.05) is 29.1 Å². The predicted octanol–water partition coefficient (Wildman–Crippen LogP) is 4.17. The van der Waals surface area contributed by atoms with Crippen molar-refractivity contribution in [2.24, 2.45) is 5.10 Å². The summed E-state index contributed by atoms with van der Waals surface area (Å²) in [5.41, 5.74) is 4.74. The van der Waals surface area contributed by atoms with Gasteiger partial charge in [-0.3, -0.25) is 9.59 Å². The third-order valence-electron chi connectivity index (χ3n) is 3.24. The van der Waals surface area contributed by atoms with Gasteiger partial charge in [-0.15, -0.1) is 0 Å². The maximum absolute atomic E-state index is 11.8. The van der Waals surface area contributed by atoms with Crippen LogP contribution in [-0.4, -0.2) is 18.0 Å². The summed E-state index contributed by atoms with van der Waals surface area (Å²) in [5, 5.41) is 7.52. The quantitative estimate of drug-likeness (QED) is 0.585. The number of benzene rings is 2. The first kappa shape index (κ1) is 19.0. The summed E-state index contributed by atoms with van der Waals surface area (Å²) >= 11 is 11.8. The monoisotopic (exact) mass is 377 g/mol. The Bertz CT molecular complexity index is 807. The van der Waals surface area contributed by atoms with E-state index in [4.69, 9.17) is 23.2 Å². The van der Waals surface area contributed by atoms with Crippen molar-refractivity contribution < 1.29 is 9.59 Å². The molecule has 0 heterocycles. The van der Waals surface area contributed by atoms with Gasteiger partial charge in [0.05, 0.1) is 11.2 Å². The minimum atomic E-state index is -0.360. The molecule has 2 aromatic rings. The molecule has 2 rings (SSSR count). The van der Waals surface area contributed by atoms with Gasteiger partial charge in [-0.05, 0) is 36.8 Å². The molecule has 0 atom stereocenters. The summed E-state index contributed by atoms with van der Waals surface area (Å²) in [6, 6.07) is 12.4. The molecule has 130 valence electrons. The molecule has 0 unspecified atom stereocenters. The number of nitrogens with zero attached hydrogens (tertiary/aromatic N) is 1. The molecule has 2 N–H and O–H groups in total. The first-order valence-corrected chi connectivity index (χ1v) is 8.33. The van der Waals surface area contributed by atoms with Crippen molar-refractivity contribution in [3.05, 3.63) is 63.6 Å². The van der Waals surface area contributed by atoms with Crippen LogP contribution in [0.4, 0.5) is 5.69 Å². The normalized spacial score (nSPS) is 10.7. The Morgan fingerprint density at radius 1 is 1.08 bits per heavy atom. The summed E-state index contributed by atoms with van der Waals surface area (Å²) in [7, 11) is 0. The minimum absolute atomic E-state index is 0.0311. The smallest absolute Gasteiger partial charge is 0.240 e. The van der Waals surface area contributed by atoms with E-state index in [-0.39, 0.29) is 24.7 Å². The first-order valence-electron chi connectivity index (χ1n) is 7.57. The van der Waals surface area contributed by atoms with E-state index in [0.29, 0.717) is 21.3 Å². The van der Waals surface area contributed by atoms with Crippen LogP contribution >= 0.6 is 23.2 Å². The fourth-order valence-corrected chi connectivity index (χ4v) is 2.47. The minimum Gasteiger partial charge on any atom is -0.326 e. The molecule has 0 bridgehead atoms. The van der Waals surface area contributed by atoms with E-state index in [1.54, 1.807) is 24.3 Å². The predicted molar refractivity (Wildman–Crippen MR) is 101 cm³/mol. The van der Waals surface area contributed by atoms with Crippen LogP contribution in [0.15, 0.2) is 47.6 Å². The second kappa shape index (κ2) is 9.20. The Balaban J connectivity index is 1.76. The van der Waals surface area contributed by atoms with Gasteiger partial charge in [-0.25, -0.2) is 5.43 Å². The number of hydrogen-bond donors (Lipinski definition) is 2. The number of hydrazone groups is 1. The molecule has 0 fully saturated rings. The number of carbonyl (C=O) groups is 2. The van der Waals surface area contributed by atoms with Crippen molar-refractivity contribution in [1.29, 1.82) is 0 Å². The van der Waals surface area contributed by atoms with Crippen molar-refractivity contribution in [2.75, 3.05) is 5.32 Å². The lowest BCUT2D eigenvalue weighted by molar-refractivity contribution is -0.124. The topological polar surface area (TPSA) is 70.6 Å². The molecular formula is C18H17Cl2N3O2. The fraction of sp³-hybridized carbons (Fsp3) is 0.167. The zero-order chi connectivity index (χ0) is 18.2. The number of rotatable bonds is 6. The lowest BCUT2D eigenvalue weighted by atomic mass is 10.2. The highest BCUT2D eigenvalue weighted by atomic mass is 35.5. The van der Waals surface area contributed by atoms with Crippen LogP contribution in [0.5, 0.6) is 0 Å². The zero-order valence-electron chi connectivity index (χ0n) is 13.6. The van der Waals surface area contributed by atoms with Crippen LogP contribution in [-0.2, 0) is 9.59 Å². The number of halogens is 2. The number of anilines is 1. The van der Waals surface area contributed by atoms with E-state index < -0.39 is 0 Å². The maximum atomic E-state index is 11.8. The van der Waals surface area contributed by atoms with Crippen molar-refractivity contribution in [1.82, 2.24) is 5.43 Å². The molecule has 0 aliphatic heterocycles. The van der Waals surface area contributed by atoms with Crippen LogP contribution < -0.4 is 10.7 Å². The number of amides is 2. The molecule has 0 spiro atoms. The summed E-state index contributed by atoms with van der Waals surface area (Å²) in [6.07, 6.45) is 1.52. The molecule has 25 heavy (non-hydrogen) atoms. The SMILES string of the molecule is Cc1cccc(NC(=O)CCC(=O)N/N=C\c2ccc(Cl)cc2Cl)c1. The highest BCUT2D eigenvalue weighted by Gasteiger charge is 2.07. The molecule has 0 saturated heterocycles. The van der Waals surface area contributed by atoms with E-state index in [9.17, 15) is 9.59 Å². The van der Waals surface area contributed by atoms with Gasteiger partial charge in [0.25, 0.3) is 0 Å². The Labute approximate surface area is 156 Å². The van der Waals surface area contributed by atoms with Gasteiger partial charge >= 0.3 is 0 Å². The van der Waals surface area contributed by atoms with Crippen LogP contribution in [0.3, 0.4) is 0 Å².